The van der Waals surface area contributed by atoms with E-state index in [0.29, 0.717) is 22.8 Å². The van der Waals surface area contributed by atoms with Gasteiger partial charge in [0.2, 0.25) is 0 Å². The number of rotatable bonds is 10. The van der Waals surface area contributed by atoms with Crippen LogP contribution >= 0.6 is 15.9 Å². The van der Waals surface area contributed by atoms with Gasteiger partial charge >= 0.3 is 0 Å². The molecule has 0 saturated heterocycles. The third kappa shape index (κ3) is 5.08. The number of nitrogens with zero attached hydrogens (tertiary/aromatic N) is 5. The summed E-state index contributed by atoms with van der Waals surface area (Å²) in [6.45, 7) is 5.40. The summed E-state index contributed by atoms with van der Waals surface area (Å²) in [5.74, 6) is 0.770. The van der Waals surface area contributed by atoms with E-state index in [1.165, 1.54) is 19.3 Å². The highest BCUT2D eigenvalue weighted by Gasteiger charge is 2.14. The standard InChI is InChI=1S/C24H27BrN6O2/c1-3-5-6-9-12-31-19-11-8-7-10-17(19)21-23(31)27-24(30-28-21)29-26-15-16-13-18(25)22(32)20(14-16)33-4-2/h7-8,10-11,13-15,32H,3-6,9,12H2,1-2H3,(H,27,29,30)/b26-15+. The number of ether oxygens (including phenoxy) is 1. The fourth-order valence-corrected chi connectivity index (χ4v) is 4.23. The van der Waals surface area contributed by atoms with Crippen LogP contribution in [0.3, 0.4) is 0 Å². The molecule has 2 heterocycles. The predicted molar refractivity (Wildman–Crippen MR) is 135 cm³/mol. The molecule has 0 aliphatic heterocycles. The van der Waals surface area contributed by atoms with Crippen LogP contribution in [0.15, 0.2) is 46.0 Å². The van der Waals surface area contributed by atoms with Crippen molar-refractivity contribution in [3.8, 4) is 11.5 Å². The second-order valence-corrected chi connectivity index (χ2v) is 8.54. The lowest BCUT2D eigenvalue weighted by molar-refractivity contribution is 0.317. The first-order valence-electron chi connectivity index (χ1n) is 11.2. The van der Waals surface area contributed by atoms with Crippen LogP contribution in [0.25, 0.3) is 22.1 Å². The van der Waals surface area contributed by atoms with Crippen molar-refractivity contribution in [2.75, 3.05) is 12.0 Å². The summed E-state index contributed by atoms with van der Waals surface area (Å²) in [6.07, 6.45) is 6.31. The fourth-order valence-electron chi connectivity index (χ4n) is 3.77. The van der Waals surface area contributed by atoms with Gasteiger partial charge < -0.3 is 14.4 Å². The van der Waals surface area contributed by atoms with E-state index in [1.807, 2.05) is 19.1 Å². The Morgan fingerprint density at radius 2 is 2.00 bits per heavy atom. The molecule has 8 nitrogen and oxygen atoms in total. The van der Waals surface area contributed by atoms with Crippen molar-refractivity contribution in [3.63, 3.8) is 0 Å². The minimum absolute atomic E-state index is 0.0618. The average Bonchev–Trinajstić information content (AvgIpc) is 3.13. The van der Waals surface area contributed by atoms with Crippen LogP contribution in [0.5, 0.6) is 11.5 Å². The number of aromatic nitrogens is 4. The van der Waals surface area contributed by atoms with Gasteiger partial charge in [-0.2, -0.15) is 10.1 Å². The first kappa shape index (κ1) is 23.0. The predicted octanol–water partition coefficient (Wildman–Crippen LogP) is 5.87. The summed E-state index contributed by atoms with van der Waals surface area (Å²) in [6, 6.07) is 11.7. The zero-order valence-electron chi connectivity index (χ0n) is 18.8. The molecule has 0 radical (unpaired) electrons. The minimum Gasteiger partial charge on any atom is -0.503 e. The van der Waals surface area contributed by atoms with Gasteiger partial charge in [0.25, 0.3) is 5.95 Å². The van der Waals surface area contributed by atoms with Crippen molar-refractivity contribution in [1.82, 2.24) is 19.7 Å². The number of phenolic OH excluding ortho intramolecular Hbond substituents is 1. The van der Waals surface area contributed by atoms with Gasteiger partial charge in [0.05, 0.1) is 22.8 Å². The number of aryl methyl sites for hydroxylation is 1. The molecule has 0 spiro atoms. The monoisotopic (exact) mass is 510 g/mol. The van der Waals surface area contributed by atoms with Crippen LogP contribution in [0.4, 0.5) is 5.95 Å². The van der Waals surface area contributed by atoms with E-state index < -0.39 is 0 Å². The zero-order valence-corrected chi connectivity index (χ0v) is 20.3. The highest BCUT2D eigenvalue weighted by atomic mass is 79.9. The van der Waals surface area contributed by atoms with Crippen LogP contribution in [0, 0.1) is 0 Å². The Morgan fingerprint density at radius 1 is 1.15 bits per heavy atom. The van der Waals surface area contributed by atoms with Gasteiger partial charge in [0.1, 0.15) is 5.52 Å². The molecule has 0 aliphatic rings. The summed E-state index contributed by atoms with van der Waals surface area (Å²) in [5, 5.41) is 24.0. The van der Waals surface area contributed by atoms with Crippen LogP contribution in [0.1, 0.15) is 45.1 Å². The maximum absolute atomic E-state index is 10.1. The largest absolute Gasteiger partial charge is 0.503 e. The molecule has 172 valence electrons. The summed E-state index contributed by atoms with van der Waals surface area (Å²) >= 11 is 3.34. The lowest BCUT2D eigenvalue weighted by atomic mass is 10.2. The Labute approximate surface area is 200 Å². The first-order chi connectivity index (χ1) is 16.1. The third-order valence-electron chi connectivity index (χ3n) is 5.34. The van der Waals surface area contributed by atoms with E-state index in [2.05, 4.69) is 60.3 Å². The molecule has 9 heteroatoms. The molecule has 0 atom stereocenters. The van der Waals surface area contributed by atoms with Crippen molar-refractivity contribution in [2.45, 2.75) is 46.1 Å². The average molecular weight is 511 g/mol. The number of hydrazone groups is 1. The van der Waals surface area contributed by atoms with Crippen molar-refractivity contribution in [2.24, 2.45) is 5.10 Å². The highest BCUT2D eigenvalue weighted by molar-refractivity contribution is 9.10. The van der Waals surface area contributed by atoms with Gasteiger partial charge in [-0.05, 0) is 53.0 Å². The van der Waals surface area contributed by atoms with Crippen molar-refractivity contribution in [1.29, 1.82) is 0 Å². The third-order valence-corrected chi connectivity index (χ3v) is 5.94. The Bertz CT molecular complexity index is 1290. The number of phenols is 1. The second kappa shape index (κ2) is 10.6. The Morgan fingerprint density at radius 3 is 2.82 bits per heavy atom. The van der Waals surface area contributed by atoms with Gasteiger partial charge in [-0.3, -0.25) is 0 Å². The molecule has 33 heavy (non-hydrogen) atoms. The summed E-state index contributed by atoms with van der Waals surface area (Å²) < 4.78 is 8.21. The molecular weight excluding hydrogens is 484 g/mol. The molecule has 4 rings (SSSR count). The van der Waals surface area contributed by atoms with Gasteiger partial charge in [0, 0.05) is 11.9 Å². The number of hydrogen-bond donors (Lipinski definition) is 2. The second-order valence-electron chi connectivity index (χ2n) is 7.69. The summed E-state index contributed by atoms with van der Waals surface area (Å²) in [4.78, 5) is 4.71. The number of unbranched alkanes of at least 4 members (excludes halogenated alkanes) is 3. The smallest absolute Gasteiger partial charge is 0.265 e. The molecule has 2 N–H and O–H groups in total. The topological polar surface area (TPSA) is 97.5 Å². The maximum atomic E-state index is 10.1. The van der Waals surface area contributed by atoms with E-state index in [0.717, 1.165) is 40.6 Å². The number of para-hydroxylation sites is 1. The van der Waals surface area contributed by atoms with Crippen LogP contribution in [-0.4, -0.2) is 37.7 Å². The van der Waals surface area contributed by atoms with Gasteiger partial charge in [-0.25, -0.2) is 5.43 Å². The van der Waals surface area contributed by atoms with Gasteiger partial charge in [-0.1, -0.05) is 44.4 Å². The van der Waals surface area contributed by atoms with Crippen molar-refractivity contribution >= 4 is 50.2 Å². The number of benzene rings is 2. The zero-order chi connectivity index (χ0) is 23.2. The number of hydrogen-bond acceptors (Lipinski definition) is 7. The van der Waals surface area contributed by atoms with E-state index in [-0.39, 0.29) is 5.75 Å². The van der Waals surface area contributed by atoms with Crippen molar-refractivity contribution in [3.05, 3.63) is 46.4 Å². The lowest BCUT2D eigenvalue weighted by Crippen LogP contribution is -2.03. The van der Waals surface area contributed by atoms with Crippen LogP contribution < -0.4 is 10.2 Å². The number of halogens is 1. The number of aromatic hydroxyl groups is 1. The molecule has 0 bridgehead atoms. The lowest BCUT2D eigenvalue weighted by Gasteiger charge is -2.08. The number of nitrogens with one attached hydrogen (secondary N) is 1. The summed E-state index contributed by atoms with van der Waals surface area (Å²) in [5.41, 5.74) is 6.32. The van der Waals surface area contributed by atoms with E-state index in [1.54, 1.807) is 18.3 Å². The van der Waals surface area contributed by atoms with E-state index in [9.17, 15) is 5.11 Å². The maximum Gasteiger partial charge on any atom is 0.265 e. The minimum atomic E-state index is 0.0618. The first-order valence-corrected chi connectivity index (χ1v) is 12.0. The van der Waals surface area contributed by atoms with Crippen LogP contribution in [0.2, 0.25) is 0 Å². The fraction of sp³-hybridized carbons (Fsp3) is 0.333. The van der Waals surface area contributed by atoms with Gasteiger partial charge in [-0.15, -0.1) is 10.2 Å². The molecule has 2 aromatic heterocycles. The van der Waals surface area contributed by atoms with E-state index in [4.69, 9.17) is 9.72 Å². The number of anilines is 1. The molecule has 0 fully saturated rings. The summed E-state index contributed by atoms with van der Waals surface area (Å²) in [7, 11) is 0. The molecule has 2 aromatic carbocycles. The van der Waals surface area contributed by atoms with Crippen molar-refractivity contribution < 1.29 is 9.84 Å². The number of fused-ring (bicyclic) bond motifs is 3. The van der Waals surface area contributed by atoms with E-state index >= 15 is 0 Å². The molecule has 4 aromatic rings. The Hall–Kier alpha value is -3.20. The van der Waals surface area contributed by atoms with Gasteiger partial charge in [0.15, 0.2) is 17.1 Å². The molecular formula is C24H27BrN6O2. The van der Waals surface area contributed by atoms with Crippen LogP contribution in [-0.2, 0) is 6.54 Å². The molecule has 0 amide bonds. The quantitative estimate of drug-likeness (QED) is 0.157. The SMILES string of the molecule is CCCCCCn1c2ccccc2c2nnc(N/N=C/c3cc(Br)c(O)c(OCC)c3)nc21. The molecule has 0 saturated carbocycles. The normalized spacial score (nSPS) is 11.6. The molecule has 0 aliphatic carbocycles. The Kier molecular flexibility index (Phi) is 7.39. The molecule has 0 unspecified atom stereocenters. The highest BCUT2D eigenvalue weighted by Crippen LogP contribution is 2.35. The Balaban J connectivity index is 1.59.